The zero-order valence-electron chi connectivity index (χ0n) is 11.1. The van der Waals surface area contributed by atoms with E-state index in [1.165, 1.54) is 12.1 Å². The average molecular weight is 270 g/mol. The molecule has 1 aliphatic rings. The maximum absolute atomic E-state index is 13.1. The number of β-amino-alcohol motifs (C(OH)–C–C–N with tert-alkyl or cyclic N) is 1. The van der Waals surface area contributed by atoms with E-state index >= 15 is 0 Å². The summed E-state index contributed by atoms with van der Waals surface area (Å²) >= 11 is 0. The van der Waals surface area contributed by atoms with Gasteiger partial charge in [0.1, 0.15) is 11.6 Å². The summed E-state index contributed by atoms with van der Waals surface area (Å²) in [6, 6.07) is 2.99. The van der Waals surface area contributed by atoms with Gasteiger partial charge in [-0.1, -0.05) is 0 Å². The van der Waals surface area contributed by atoms with Crippen LogP contribution in [0.2, 0.25) is 0 Å². The van der Waals surface area contributed by atoms with E-state index in [9.17, 15) is 13.9 Å². The fourth-order valence-electron chi connectivity index (χ4n) is 2.51. The molecule has 1 aliphatic heterocycles. The van der Waals surface area contributed by atoms with Gasteiger partial charge in [0.2, 0.25) is 0 Å². The highest BCUT2D eigenvalue weighted by atomic mass is 19.1. The molecule has 1 saturated heterocycles. The van der Waals surface area contributed by atoms with Crippen molar-refractivity contribution in [3.8, 4) is 0 Å². The number of hydrogen-bond acceptors (Lipinski definition) is 3. The smallest absolute Gasteiger partial charge is 0.126 e. The second kappa shape index (κ2) is 5.53. The number of halogens is 2. The number of nitrogens with two attached hydrogens (primary N) is 1. The lowest BCUT2D eigenvalue weighted by atomic mass is 10.0. The summed E-state index contributed by atoms with van der Waals surface area (Å²) in [5.41, 5.74) is 5.80. The number of hydrogen-bond donors (Lipinski definition) is 2. The van der Waals surface area contributed by atoms with Crippen molar-refractivity contribution in [2.75, 3.05) is 19.6 Å². The number of benzene rings is 1. The molecule has 2 rings (SSSR count). The molecule has 0 spiro atoms. The summed E-state index contributed by atoms with van der Waals surface area (Å²) in [6.07, 6.45) is 1.36. The standard InChI is InChI=1S/C14H20F2N2O/c1-14(19)3-5-18(9-14)4-2-13(17)10-6-11(15)8-12(16)7-10/h6-8,13,19H,2-5,9,17H2,1H3. The minimum Gasteiger partial charge on any atom is -0.389 e. The zero-order chi connectivity index (χ0) is 14.0. The van der Waals surface area contributed by atoms with Crippen molar-refractivity contribution in [3.63, 3.8) is 0 Å². The van der Waals surface area contributed by atoms with Gasteiger partial charge in [-0.05, 0) is 37.5 Å². The molecule has 0 aliphatic carbocycles. The summed E-state index contributed by atoms with van der Waals surface area (Å²) < 4.78 is 26.2. The Bertz CT molecular complexity index is 431. The SMILES string of the molecule is CC1(O)CCN(CCC(N)c2cc(F)cc(F)c2)C1. The highest BCUT2D eigenvalue weighted by Gasteiger charge is 2.31. The van der Waals surface area contributed by atoms with Gasteiger partial charge >= 0.3 is 0 Å². The van der Waals surface area contributed by atoms with E-state index in [0.717, 1.165) is 25.6 Å². The van der Waals surface area contributed by atoms with Gasteiger partial charge in [-0.25, -0.2) is 8.78 Å². The van der Waals surface area contributed by atoms with Crippen molar-refractivity contribution in [2.24, 2.45) is 5.73 Å². The van der Waals surface area contributed by atoms with Crippen LogP contribution in [0.15, 0.2) is 18.2 Å². The Balaban J connectivity index is 1.89. The largest absolute Gasteiger partial charge is 0.389 e. The minimum atomic E-state index is -0.630. The molecule has 3 nitrogen and oxygen atoms in total. The van der Waals surface area contributed by atoms with Gasteiger partial charge in [-0.15, -0.1) is 0 Å². The summed E-state index contributed by atoms with van der Waals surface area (Å²) in [6.45, 7) is 3.98. The van der Waals surface area contributed by atoms with E-state index in [1.54, 1.807) is 0 Å². The van der Waals surface area contributed by atoms with Crippen LogP contribution in [0, 0.1) is 11.6 Å². The molecule has 0 amide bonds. The fraction of sp³-hybridized carbons (Fsp3) is 0.571. The van der Waals surface area contributed by atoms with Gasteiger partial charge in [0.15, 0.2) is 0 Å². The molecule has 5 heteroatoms. The number of likely N-dealkylation sites (tertiary alicyclic amines) is 1. The van der Waals surface area contributed by atoms with Crippen LogP contribution in [0.5, 0.6) is 0 Å². The summed E-state index contributed by atoms with van der Waals surface area (Å²) in [4.78, 5) is 2.12. The maximum Gasteiger partial charge on any atom is 0.126 e. The van der Waals surface area contributed by atoms with Gasteiger partial charge in [-0.3, -0.25) is 0 Å². The van der Waals surface area contributed by atoms with Crippen molar-refractivity contribution in [2.45, 2.75) is 31.4 Å². The number of aliphatic hydroxyl groups is 1. The van der Waals surface area contributed by atoms with Gasteiger partial charge in [0.05, 0.1) is 5.60 Å². The van der Waals surface area contributed by atoms with Crippen LogP contribution >= 0.6 is 0 Å². The monoisotopic (exact) mass is 270 g/mol. The first-order valence-electron chi connectivity index (χ1n) is 6.52. The first-order chi connectivity index (χ1) is 8.85. The van der Waals surface area contributed by atoms with Crippen molar-refractivity contribution >= 4 is 0 Å². The topological polar surface area (TPSA) is 49.5 Å². The first kappa shape index (κ1) is 14.4. The molecular formula is C14H20F2N2O. The van der Waals surface area contributed by atoms with Gasteiger partial charge < -0.3 is 15.7 Å². The molecule has 0 saturated carbocycles. The van der Waals surface area contributed by atoms with Gasteiger partial charge in [0, 0.05) is 31.7 Å². The second-order valence-electron chi connectivity index (χ2n) is 5.62. The summed E-state index contributed by atoms with van der Waals surface area (Å²) in [5.74, 6) is -1.20. The molecule has 0 aromatic heterocycles. The molecule has 1 heterocycles. The first-order valence-corrected chi connectivity index (χ1v) is 6.52. The van der Waals surface area contributed by atoms with Crippen molar-refractivity contribution in [1.82, 2.24) is 4.90 Å². The average Bonchev–Trinajstić information content (AvgIpc) is 2.64. The lowest BCUT2D eigenvalue weighted by Gasteiger charge is -2.20. The lowest BCUT2D eigenvalue weighted by molar-refractivity contribution is 0.0684. The normalized spacial score (nSPS) is 25.7. The minimum absolute atomic E-state index is 0.393. The van der Waals surface area contributed by atoms with Gasteiger partial charge in [-0.2, -0.15) is 0 Å². The Morgan fingerprint density at radius 2 is 2.00 bits per heavy atom. The Morgan fingerprint density at radius 3 is 2.53 bits per heavy atom. The lowest BCUT2D eigenvalue weighted by Crippen LogP contribution is -2.31. The van der Waals surface area contributed by atoms with E-state index in [1.807, 2.05) is 6.92 Å². The van der Waals surface area contributed by atoms with E-state index in [0.29, 0.717) is 18.5 Å². The third kappa shape index (κ3) is 3.96. The third-order valence-electron chi connectivity index (χ3n) is 3.60. The van der Waals surface area contributed by atoms with Crippen molar-refractivity contribution in [1.29, 1.82) is 0 Å². The van der Waals surface area contributed by atoms with Crippen LogP contribution in [0.3, 0.4) is 0 Å². The molecule has 1 aromatic carbocycles. The molecule has 106 valence electrons. The number of rotatable bonds is 4. The maximum atomic E-state index is 13.1. The molecule has 2 atom stereocenters. The summed E-state index contributed by atoms with van der Waals surface area (Å²) in [7, 11) is 0. The third-order valence-corrected chi connectivity index (χ3v) is 3.60. The van der Waals surface area contributed by atoms with Crippen LogP contribution < -0.4 is 5.73 Å². The highest BCUT2D eigenvalue weighted by molar-refractivity contribution is 5.21. The number of nitrogens with zero attached hydrogens (tertiary/aromatic N) is 1. The van der Waals surface area contributed by atoms with Crippen molar-refractivity contribution < 1.29 is 13.9 Å². The molecule has 1 fully saturated rings. The molecule has 19 heavy (non-hydrogen) atoms. The van der Waals surface area contributed by atoms with Crippen molar-refractivity contribution in [3.05, 3.63) is 35.4 Å². The molecule has 0 radical (unpaired) electrons. The highest BCUT2D eigenvalue weighted by Crippen LogP contribution is 2.22. The second-order valence-corrected chi connectivity index (χ2v) is 5.62. The predicted octanol–water partition coefficient (Wildman–Crippen LogP) is 1.81. The Hall–Kier alpha value is -1.04. The Kier molecular flexibility index (Phi) is 4.18. The van der Waals surface area contributed by atoms with E-state index < -0.39 is 23.3 Å². The van der Waals surface area contributed by atoms with Crippen LogP contribution in [0.25, 0.3) is 0 Å². The van der Waals surface area contributed by atoms with E-state index in [-0.39, 0.29) is 0 Å². The molecule has 0 bridgehead atoms. The Labute approximate surface area is 112 Å². The molecule has 3 N–H and O–H groups in total. The molecular weight excluding hydrogens is 250 g/mol. The van der Waals surface area contributed by atoms with Crippen LogP contribution in [0.4, 0.5) is 8.78 Å². The zero-order valence-corrected chi connectivity index (χ0v) is 11.1. The van der Waals surface area contributed by atoms with E-state index in [4.69, 9.17) is 5.73 Å². The molecule has 1 aromatic rings. The van der Waals surface area contributed by atoms with Crippen LogP contribution in [0.1, 0.15) is 31.4 Å². The summed E-state index contributed by atoms with van der Waals surface area (Å²) in [5, 5.41) is 9.85. The Morgan fingerprint density at radius 1 is 1.37 bits per heavy atom. The van der Waals surface area contributed by atoms with Gasteiger partial charge in [0.25, 0.3) is 0 Å². The van der Waals surface area contributed by atoms with Crippen LogP contribution in [-0.4, -0.2) is 35.2 Å². The van der Waals surface area contributed by atoms with E-state index in [2.05, 4.69) is 4.90 Å². The van der Waals surface area contributed by atoms with Crippen LogP contribution in [-0.2, 0) is 0 Å². The predicted molar refractivity (Wildman–Crippen MR) is 69.6 cm³/mol. The fourth-order valence-corrected chi connectivity index (χ4v) is 2.51. The molecule has 2 unspecified atom stereocenters. The quantitative estimate of drug-likeness (QED) is 0.877.